The van der Waals surface area contributed by atoms with Crippen LogP contribution in [0, 0.1) is 11.3 Å². The van der Waals surface area contributed by atoms with Crippen LogP contribution in [0.3, 0.4) is 0 Å². The number of hydrogen-bond donors (Lipinski definition) is 1. The van der Waals surface area contributed by atoms with Crippen LogP contribution in [-0.4, -0.2) is 30.7 Å². The molecule has 2 heterocycles. The molecule has 1 N–H and O–H groups in total. The van der Waals surface area contributed by atoms with Crippen molar-refractivity contribution in [2.24, 2.45) is 5.16 Å². The molecule has 0 bridgehead atoms. The highest BCUT2D eigenvalue weighted by Crippen LogP contribution is 2.43. The Balaban J connectivity index is 1.83. The van der Waals surface area contributed by atoms with Crippen molar-refractivity contribution in [2.45, 2.75) is 53.9 Å². The van der Waals surface area contributed by atoms with Crippen molar-refractivity contribution in [1.82, 2.24) is 0 Å². The first-order valence-corrected chi connectivity index (χ1v) is 10.8. The van der Waals surface area contributed by atoms with Gasteiger partial charge in [-0.05, 0) is 48.6 Å². The van der Waals surface area contributed by atoms with Crippen LogP contribution >= 0.6 is 23.1 Å². The molecule has 28 heavy (non-hydrogen) atoms. The molecule has 1 fully saturated rings. The summed E-state index contributed by atoms with van der Waals surface area (Å²) in [6, 6.07) is 10.3. The molecular weight excluding hydrogens is 392 g/mol. The Kier molecular flexibility index (Phi) is 6.78. The fourth-order valence-corrected chi connectivity index (χ4v) is 5.71. The van der Waals surface area contributed by atoms with E-state index in [0.717, 1.165) is 28.9 Å². The summed E-state index contributed by atoms with van der Waals surface area (Å²) in [5.41, 5.74) is 3.10. The van der Waals surface area contributed by atoms with E-state index < -0.39 is 0 Å². The molecule has 0 saturated carbocycles. The molecule has 3 rings (SSSR count). The van der Waals surface area contributed by atoms with Crippen LogP contribution in [0.4, 0.5) is 0 Å². The van der Waals surface area contributed by atoms with E-state index in [2.05, 4.69) is 29.6 Å². The maximum Gasteiger partial charge on any atom is 0.0982 e. The van der Waals surface area contributed by atoms with E-state index in [9.17, 15) is 0 Å². The molecule has 0 spiro atoms. The summed E-state index contributed by atoms with van der Waals surface area (Å²) in [6.07, 6.45) is 2.17. The van der Waals surface area contributed by atoms with Gasteiger partial charge in [-0.25, -0.2) is 0 Å². The Labute approximate surface area is 174 Å². The van der Waals surface area contributed by atoms with Crippen molar-refractivity contribution >= 4 is 28.8 Å². The van der Waals surface area contributed by atoms with Gasteiger partial charge in [-0.2, -0.15) is 5.26 Å². The fraction of sp³-hybridized carbons (Fsp3) is 0.429. The van der Waals surface area contributed by atoms with Gasteiger partial charge in [0.25, 0.3) is 0 Å². The molecule has 0 amide bonds. The summed E-state index contributed by atoms with van der Waals surface area (Å²) in [5.74, 6) is 0. The normalized spacial score (nSPS) is 22.8. The van der Waals surface area contributed by atoms with Crippen molar-refractivity contribution in [3.05, 3.63) is 46.3 Å². The molecule has 1 saturated heterocycles. The van der Waals surface area contributed by atoms with Crippen LogP contribution in [0.15, 0.2) is 43.9 Å². The lowest BCUT2D eigenvalue weighted by Gasteiger charge is -2.38. The quantitative estimate of drug-likeness (QED) is 0.398. The smallest absolute Gasteiger partial charge is 0.0982 e. The first kappa shape index (κ1) is 20.9. The Bertz CT molecular complexity index is 903. The van der Waals surface area contributed by atoms with Gasteiger partial charge in [0.05, 0.1) is 40.7 Å². The largest absolute Gasteiger partial charge is 0.411 e. The van der Waals surface area contributed by atoms with Gasteiger partial charge < -0.3 is 14.7 Å². The van der Waals surface area contributed by atoms with Crippen LogP contribution in [0.5, 0.6) is 0 Å². The zero-order valence-electron chi connectivity index (χ0n) is 16.3. The van der Waals surface area contributed by atoms with Crippen molar-refractivity contribution in [1.29, 1.82) is 5.26 Å². The minimum absolute atomic E-state index is 0.183. The first-order chi connectivity index (χ1) is 13.5. The molecule has 1 aliphatic heterocycles. The van der Waals surface area contributed by atoms with E-state index in [4.69, 9.17) is 19.9 Å². The lowest BCUT2D eigenvalue weighted by Crippen LogP contribution is -2.38. The molecule has 1 aromatic heterocycles. The van der Waals surface area contributed by atoms with E-state index in [1.54, 1.807) is 37.1 Å². The molecule has 0 unspecified atom stereocenters. The summed E-state index contributed by atoms with van der Waals surface area (Å²) >= 11 is 3.37. The van der Waals surface area contributed by atoms with Gasteiger partial charge in [0.2, 0.25) is 0 Å². The SMILES string of the molecule is CO[C@]1(c2csc(Sc3ccc(/C(C)=N/O)c(CC#N)c3)c2)CCO[C@@H](C)C1. The van der Waals surface area contributed by atoms with E-state index in [-0.39, 0.29) is 18.1 Å². The average Bonchev–Trinajstić information content (AvgIpc) is 3.17. The number of oxime groups is 1. The Morgan fingerprint density at radius 3 is 3.00 bits per heavy atom. The van der Waals surface area contributed by atoms with Crippen LogP contribution in [0.2, 0.25) is 0 Å². The molecule has 0 radical (unpaired) electrons. The highest BCUT2D eigenvalue weighted by molar-refractivity contribution is 8.01. The molecule has 5 nitrogen and oxygen atoms in total. The van der Waals surface area contributed by atoms with E-state index in [1.165, 1.54) is 9.77 Å². The highest BCUT2D eigenvalue weighted by Gasteiger charge is 2.38. The first-order valence-electron chi connectivity index (χ1n) is 9.14. The summed E-state index contributed by atoms with van der Waals surface area (Å²) < 4.78 is 12.8. The summed E-state index contributed by atoms with van der Waals surface area (Å²) in [4.78, 5) is 1.06. The monoisotopic (exact) mass is 416 g/mol. The molecule has 1 aromatic carbocycles. The molecule has 1 aliphatic rings. The molecule has 2 aromatic rings. The van der Waals surface area contributed by atoms with Crippen molar-refractivity contribution in [3.8, 4) is 6.07 Å². The fourth-order valence-electron chi connectivity index (χ4n) is 3.61. The third-order valence-electron chi connectivity index (χ3n) is 5.12. The summed E-state index contributed by atoms with van der Waals surface area (Å²) in [6.45, 7) is 4.52. The van der Waals surface area contributed by atoms with E-state index in [0.29, 0.717) is 12.3 Å². The predicted molar refractivity (Wildman–Crippen MR) is 112 cm³/mol. The molecular formula is C21H24N2O3S2. The van der Waals surface area contributed by atoms with Crippen LogP contribution in [-0.2, 0) is 21.5 Å². The maximum absolute atomic E-state index is 9.12. The second-order valence-corrected chi connectivity index (χ2v) is 9.21. The van der Waals surface area contributed by atoms with Crippen LogP contribution in [0.25, 0.3) is 0 Å². The van der Waals surface area contributed by atoms with Gasteiger partial charge in [0.1, 0.15) is 0 Å². The average molecular weight is 417 g/mol. The van der Waals surface area contributed by atoms with Crippen LogP contribution < -0.4 is 0 Å². The van der Waals surface area contributed by atoms with Gasteiger partial charge in [-0.3, -0.25) is 0 Å². The predicted octanol–water partition coefficient (Wildman–Crippen LogP) is 5.20. The standard InChI is InChI=1S/C21H24N2O3S2/c1-14-12-21(25-3,7-9-26-14)17-11-20(27-13-17)28-18-4-5-19(15(2)23-24)16(10-18)6-8-22/h4-5,10-11,13-14,24H,6-7,9,12H2,1-3H3/b23-15+/t14-,21+/m0/s1. The third kappa shape index (κ3) is 4.41. The lowest BCUT2D eigenvalue weighted by molar-refractivity contribution is -0.122. The number of thiophene rings is 1. The zero-order chi connectivity index (χ0) is 20.1. The Morgan fingerprint density at radius 1 is 1.50 bits per heavy atom. The number of methoxy groups -OCH3 is 1. The van der Waals surface area contributed by atoms with Gasteiger partial charge in [0.15, 0.2) is 0 Å². The second-order valence-electron chi connectivity index (χ2n) is 6.93. The highest BCUT2D eigenvalue weighted by atomic mass is 32.2. The Morgan fingerprint density at radius 2 is 2.32 bits per heavy atom. The molecule has 0 aliphatic carbocycles. The van der Waals surface area contributed by atoms with Gasteiger partial charge in [-0.15, -0.1) is 11.3 Å². The minimum Gasteiger partial charge on any atom is -0.411 e. The van der Waals surface area contributed by atoms with Crippen LogP contribution in [0.1, 0.15) is 43.4 Å². The van der Waals surface area contributed by atoms with Gasteiger partial charge >= 0.3 is 0 Å². The maximum atomic E-state index is 9.12. The molecule has 2 atom stereocenters. The molecule has 148 valence electrons. The number of nitriles is 1. The second kappa shape index (κ2) is 9.10. The van der Waals surface area contributed by atoms with Crippen molar-refractivity contribution in [2.75, 3.05) is 13.7 Å². The lowest BCUT2D eigenvalue weighted by atomic mass is 9.85. The zero-order valence-corrected chi connectivity index (χ0v) is 17.9. The van der Waals surface area contributed by atoms with E-state index in [1.807, 2.05) is 18.2 Å². The number of rotatable bonds is 6. The number of nitrogens with zero attached hydrogens (tertiary/aromatic N) is 2. The van der Waals surface area contributed by atoms with Gasteiger partial charge in [-0.1, -0.05) is 23.0 Å². The Hall–Kier alpha value is -1.85. The third-order valence-corrected chi connectivity index (χ3v) is 7.19. The topological polar surface area (TPSA) is 74.8 Å². The summed E-state index contributed by atoms with van der Waals surface area (Å²) in [5, 5.41) is 23.6. The van der Waals surface area contributed by atoms with Crippen molar-refractivity contribution < 1.29 is 14.7 Å². The van der Waals surface area contributed by atoms with Gasteiger partial charge in [0, 0.05) is 30.4 Å². The number of ether oxygens (including phenoxy) is 2. The minimum atomic E-state index is -0.280. The number of hydrogen-bond acceptors (Lipinski definition) is 7. The molecule has 7 heteroatoms. The summed E-state index contributed by atoms with van der Waals surface area (Å²) in [7, 11) is 1.78. The van der Waals surface area contributed by atoms with Crippen molar-refractivity contribution in [3.63, 3.8) is 0 Å². The number of benzene rings is 1. The van der Waals surface area contributed by atoms with E-state index >= 15 is 0 Å².